The van der Waals surface area contributed by atoms with Gasteiger partial charge < -0.3 is 9.47 Å². The summed E-state index contributed by atoms with van der Waals surface area (Å²) in [6.45, 7) is 0. The normalized spacial score (nSPS) is 9.94. The molecule has 0 bridgehead atoms. The number of hydrogen-bond acceptors (Lipinski definition) is 7. The molecule has 1 heterocycles. The minimum atomic E-state index is 0.110. The van der Waals surface area contributed by atoms with Gasteiger partial charge in [0, 0.05) is 0 Å². The molecule has 2 aromatic rings. The summed E-state index contributed by atoms with van der Waals surface area (Å²) in [5.41, 5.74) is 2.32. The van der Waals surface area contributed by atoms with Gasteiger partial charge >= 0.3 is 12.0 Å². The maximum atomic E-state index is 5.55. The van der Waals surface area contributed by atoms with Crippen LogP contribution in [0.3, 0.4) is 0 Å². The SMILES string of the molecule is COc1nc(NN)nc(Oc2ccccc2I)n1. The average molecular weight is 359 g/mol. The van der Waals surface area contributed by atoms with Crippen LogP contribution in [0.5, 0.6) is 17.8 Å². The highest BCUT2D eigenvalue weighted by Gasteiger charge is 2.09. The van der Waals surface area contributed by atoms with Gasteiger partial charge in [0.15, 0.2) is 0 Å². The number of methoxy groups -OCH3 is 1. The molecule has 18 heavy (non-hydrogen) atoms. The summed E-state index contributed by atoms with van der Waals surface area (Å²) in [6, 6.07) is 7.73. The summed E-state index contributed by atoms with van der Waals surface area (Å²) in [7, 11) is 1.45. The maximum absolute atomic E-state index is 5.55. The van der Waals surface area contributed by atoms with Gasteiger partial charge in [0.2, 0.25) is 5.95 Å². The Balaban J connectivity index is 2.31. The van der Waals surface area contributed by atoms with Crippen LogP contribution in [0, 0.1) is 3.57 Å². The van der Waals surface area contributed by atoms with Crippen LogP contribution in [0.25, 0.3) is 0 Å². The zero-order chi connectivity index (χ0) is 13.0. The minimum Gasteiger partial charge on any atom is -0.467 e. The van der Waals surface area contributed by atoms with Gasteiger partial charge in [0.1, 0.15) is 5.75 Å². The Morgan fingerprint density at radius 3 is 2.56 bits per heavy atom. The molecule has 0 radical (unpaired) electrons. The number of anilines is 1. The van der Waals surface area contributed by atoms with Crippen molar-refractivity contribution < 1.29 is 9.47 Å². The van der Waals surface area contributed by atoms with E-state index in [1.54, 1.807) is 0 Å². The van der Waals surface area contributed by atoms with Crippen LogP contribution in [0.1, 0.15) is 0 Å². The molecule has 8 heteroatoms. The van der Waals surface area contributed by atoms with Crippen molar-refractivity contribution in [1.82, 2.24) is 15.0 Å². The van der Waals surface area contributed by atoms with Crippen molar-refractivity contribution in [3.63, 3.8) is 0 Å². The third-order valence-corrected chi connectivity index (χ3v) is 2.84. The van der Waals surface area contributed by atoms with Crippen LogP contribution in [-0.2, 0) is 0 Å². The summed E-state index contributed by atoms with van der Waals surface area (Å²) in [6.07, 6.45) is 0. The summed E-state index contributed by atoms with van der Waals surface area (Å²) in [5.74, 6) is 6.07. The van der Waals surface area contributed by atoms with Gasteiger partial charge in [-0.25, -0.2) is 5.84 Å². The monoisotopic (exact) mass is 359 g/mol. The van der Waals surface area contributed by atoms with Crippen LogP contribution in [0.15, 0.2) is 24.3 Å². The first-order chi connectivity index (χ1) is 8.72. The van der Waals surface area contributed by atoms with E-state index in [2.05, 4.69) is 43.0 Å². The van der Waals surface area contributed by atoms with Crippen LogP contribution in [0.2, 0.25) is 0 Å². The van der Waals surface area contributed by atoms with E-state index in [0.717, 1.165) is 3.57 Å². The Morgan fingerprint density at radius 2 is 1.89 bits per heavy atom. The number of rotatable bonds is 4. The van der Waals surface area contributed by atoms with E-state index < -0.39 is 0 Å². The van der Waals surface area contributed by atoms with E-state index >= 15 is 0 Å². The molecule has 2 rings (SSSR count). The lowest BCUT2D eigenvalue weighted by Crippen LogP contribution is -2.12. The Hall–Kier alpha value is -1.68. The van der Waals surface area contributed by atoms with Crippen LogP contribution >= 0.6 is 22.6 Å². The smallest absolute Gasteiger partial charge is 0.330 e. The molecule has 0 atom stereocenters. The van der Waals surface area contributed by atoms with Gasteiger partial charge in [-0.15, -0.1) is 4.98 Å². The third kappa shape index (κ3) is 2.96. The molecule has 1 aromatic heterocycles. The Morgan fingerprint density at radius 1 is 1.17 bits per heavy atom. The predicted octanol–water partition coefficient (Wildman–Crippen LogP) is 1.56. The molecule has 7 nitrogen and oxygen atoms in total. The topological polar surface area (TPSA) is 95.2 Å². The van der Waals surface area contributed by atoms with Gasteiger partial charge in [-0.1, -0.05) is 12.1 Å². The zero-order valence-electron chi connectivity index (χ0n) is 9.42. The lowest BCUT2D eigenvalue weighted by atomic mass is 10.3. The second-order valence-corrected chi connectivity index (χ2v) is 4.27. The molecule has 94 valence electrons. The fraction of sp³-hybridized carbons (Fsp3) is 0.100. The lowest BCUT2D eigenvalue weighted by Gasteiger charge is -2.07. The van der Waals surface area contributed by atoms with E-state index in [4.69, 9.17) is 15.3 Å². The molecule has 0 aliphatic carbocycles. The quantitative estimate of drug-likeness (QED) is 0.486. The molecule has 0 unspecified atom stereocenters. The molecule has 0 amide bonds. The first kappa shape index (κ1) is 12.8. The summed E-state index contributed by atoms with van der Waals surface area (Å²) in [5, 5.41) is 0. The number of hydrazine groups is 1. The third-order valence-electron chi connectivity index (χ3n) is 1.94. The first-order valence-electron chi connectivity index (χ1n) is 4.92. The number of para-hydroxylation sites is 1. The highest BCUT2D eigenvalue weighted by Crippen LogP contribution is 2.25. The number of nitrogens with one attached hydrogen (secondary N) is 1. The maximum Gasteiger partial charge on any atom is 0.330 e. The van der Waals surface area contributed by atoms with Crippen molar-refractivity contribution in [2.24, 2.45) is 5.84 Å². The molecule has 0 aliphatic heterocycles. The number of nitrogen functional groups attached to an aromatic ring is 1. The number of benzene rings is 1. The summed E-state index contributed by atoms with van der Waals surface area (Å²) >= 11 is 2.16. The fourth-order valence-electron chi connectivity index (χ4n) is 1.17. The number of ether oxygens (including phenoxy) is 2. The van der Waals surface area contributed by atoms with Gasteiger partial charge in [-0.2, -0.15) is 9.97 Å². The zero-order valence-corrected chi connectivity index (χ0v) is 11.6. The highest BCUT2D eigenvalue weighted by molar-refractivity contribution is 14.1. The van der Waals surface area contributed by atoms with Crippen molar-refractivity contribution in [3.05, 3.63) is 27.8 Å². The molecule has 3 N–H and O–H groups in total. The molecule has 0 aliphatic rings. The number of nitrogens with zero attached hydrogens (tertiary/aromatic N) is 3. The molecular formula is C10H10IN5O2. The van der Waals surface area contributed by atoms with Gasteiger partial charge in [-0.05, 0) is 34.7 Å². The Labute approximate surface area is 117 Å². The highest BCUT2D eigenvalue weighted by atomic mass is 127. The Bertz CT molecular complexity index is 529. The second kappa shape index (κ2) is 5.78. The molecule has 1 aromatic carbocycles. The lowest BCUT2D eigenvalue weighted by molar-refractivity contribution is 0.359. The molecule has 0 fully saturated rings. The first-order valence-corrected chi connectivity index (χ1v) is 6.00. The second-order valence-electron chi connectivity index (χ2n) is 3.11. The van der Waals surface area contributed by atoms with Crippen LogP contribution in [0.4, 0.5) is 5.95 Å². The van der Waals surface area contributed by atoms with Gasteiger partial charge in [0.05, 0.1) is 10.7 Å². The van der Waals surface area contributed by atoms with E-state index in [0.29, 0.717) is 5.75 Å². The van der Waals surface area contributed by atoms with Crippen LogP contribution < -0.4 is 20.7 Å². The van der Waals surface area contributed by atoms with E-state index in [9.17, 15) is 0 Å². The summed E-state index contributed by atoms with van der Waals surface area (Å²) < 4.78 is 11.4. The van der Waals surface area contributed by atoms with Gasteiger partial charge in [0.25, 0.3) is 0 Å². The predicted molar refractivity (Wildman–Crippen MR) is 73.4 cm³/mol. The molecule has 0 saturated heterocycles. The molecule has 0 saturated carbocycles. The van der Waals surface area contributed by atoms with E-state index in [-0.39, 0.29) is 18.0 Å². The largest absolute Gasteiger partial charge is 0.467 e. The van der Waals surface area contributed by atoms with Crippen molar-refractivity contribution in [1.29, 1.82) is 0 Å². The number of nitrogens with two attached hydrogens (primary N) is 1. The molecule has 0 spiro atoms. The number of aromatic nitrogens is 3. The van der Waals surface area contributed by atoms with E-state index in [1.165, 1.54) is 7.11 Å². The van der Waals surface area contributed by atoms with Crippen LogP contribution in [-0.4, -0.2) is 22.1 Å². The van der Waals surface area contributed by atoms with E-state index in [1.807, 2.05) is 24.3 Å². The van der Waals surface area contributed by atoms with Crippen molar-refractivity contribution in [2.45, 2.75) is 0 Å². The van der Waals surface area contributed by atoms with Crippen molar-refractivity contribution >= 4 is 28.5 Å². The summed E-state index contributed by atoms with van der Waals surface area (Å²) in [4.78, 5) is 11.8. The van der Waals surface area contributed by atoms with Gasteiger partial charge in [-0.3, -0.25) is 5.43 Å². The standard InChI is InChI=1S/C10H10IN5O2/c1-17-9-13-8(16-12)14-10(15-9)18-7-5-3-2-4-6(7)11/h2-5H,12H2,1H3,(H,13,14,15,16). The number of halogens is 1. The molecular weight excluding hydrogens is 349 g/mol. The fourth-order valence-corrected chi connectivity index (χ4v) is 1.66. The minimum absolute atomic E-state index is 0.110. The van der Waals surface area contributed by atoms with Crippen molar-refractivity contribution in [2.75, 3.05) is 12.5 Å². The Kier molecular flexibility index (Phi) is 4.10. The van der Waals surface area contributed by atoms with Crippen molar-refractivity contribution in [3.8, 4) is 17.8 Å². The number of hydrogen-bond donors (Lipinski definition) is 2. The average Bonchev–Trinajstić information content (AvgIpc) is 2.41.